The number of amides is 1. The van der Waals surface area contributed by atoms with E-state index in [1.165, 1.54) is 6.33 Å². The lowest BCUT2D eigenvalue weighted by molar-refractivity contribution is 0.0641. The number of carbonyl (C=O) groups excluding carboxylic acids is 1. The number of aromatic nitrogens is 2. The summed E-state index contributed by atoms with van der Waals surface area (Å²) >= 11 is 0. The fourth-order valence-corrected chi connectivity index (χ4v) is 2.04. The Hall–Kier alpha value is -1.49. The first-order valence-corrected chi connectivity index (χ1v) is 6.00. The second-order valence-corrected chi connectivity index (χ2v) is 4.25. The molecule has 0 atom stereocenters. The van der Waals surface area contributed by atoms with Crippen LogP contribution in [0.5, 0.6) is 0 Å². The molecule has 0 N–H and O–H groups in total. The Morgan fingerprint density at radius 3 is 2.65 bits per heavy atom. The zero-order chi connectivity index (χ0) is 12.3. The van der Waals surface area contributed by atoms with Gasteiger partial charge in [-0.25, -0.2) is 9.97 Å². The lowest BCUT2D eigenvalue weighted by atomic mass is 10.2. The van der Waals surface area contributed by atoms with Crippen molar-refractivity contribution in [3.8, 4) is 0 Å². The highest BCUT2D eigenvalue weighted by atomic mass is 16.2. The minimum absolute atomic E-state index is 0.0545. The molecule has 17 heavy (non-hydrogen) atoms. The Bertz CT molecular complexity index is 399. The van der Waals surface area contributed by atoms with Gasteiger partial charge in [-0.2, -0.15) is 0 Å². The minimum atomic E-state index is 0.0545. The third kappa shape index (κ3) is 2.61. The predicted octanol–water partition coefficient (Wildman–Crippen LogP) is 0.563. The minimum Gasteiger partial charge on any atom is -0.336 e. The number of rotatable bonds is 2. The third-order valence-corrected chi connectivity index (χ3v) is 3.25. The fraction of sp³-hybridized carbons (Fsp3) is 0.583. The summed E-state index contributed by atoms with van der Waals surface area (Å²) in [6, 6.07) is 0. The van der Waals surface area contributed by atoms with Gasteiger partial charge in [0.2, 0.25) is 0 Å². The van der Waals surface area contributed by atoms with E-state index in [0.29, 0.717) is 5.56 Å². The van der Waals surface area contributed by atoms with Crippen LogP contribution in [0.2, 0.25) is 0 Å². The largest absolute Gasteiger partial charge is 0.336 e. The molecule has 0 aliphatic carbocycles. The average Bonchev–Trinajstić information content (AvgIpc) is 2.39. The average molecular weight is 234 g/mol. The summed E-state index contributed by atoms with van der Waals surface area (Å²) in [5.74, 6) is 0.0545. The van der Waals surface area contributed by atoms with E-state index in [0.717, 1.165) is 38.4 Å². The Morgan fingerprint density at radius 2 is 2.06 bits per heavy atom. The molecule has 2 rings (SSSR count). The molecule has 1 aromatic rings. The van der Waals surface area contributed by atoms with Crippen LogP contribution in [0.3, 0.4) is 0 Å². The first-order valence-electron chi connectivity index (χ1n) is 6.00. The molecule has 1 saturated heterocycles. The van der Waals surface area contributed by atoms with Gasteiger partial charge in [-0.05, 0) is 13.5 Å². The molecule has 5 heteroatoms. The van der Waals surface area contributed by atoms with Gasteiger partial charge in [-0.3, -0.25) is 4.79 Å². The summed E-state index contributed by atoms with van der Waals surface area (Å²) in [6.07, 6.45) is 3.08. The lowest BCUT2D eigenvalue weighted by Gasteiger charge is -2.34. The summed E-state index contributed by atoms with van der Waals surface area (Å²) in [5.41, 5.74) is 1.38. The number of carbonyl (C=O) groups is 1. The second kappa shape index (κ2) is 5.23. The molecule has 0 aromatic carbocycles. The zero-order valence-corrected chi connectivity index (χ0v) is 10.4. The van der Waals surface area contributed by atoms with Gasteiger partial charge in [0.05, 0.1) is 11.3 Å². The second-order valence-electron chi connectivity index (χ2n) is 4.25. The maximum absolute atomic E-state index is 12.2. The maximum atomic E-state index is 12.2. The van der Waals surface area contributed by atoms with Crippen molar-refractivity contribution in [2.75, 3.05) is 32.7 Å². The van der Waals surface area contributed by atoms with Crippen LogP contribution in [-0.4, -0.2) is 58.4 Å². The van der Waals surface area contributed by atoms with Crippen LogP contribution in [0.1, 0.15) is 23.0 Å². The van der Waals surface area contributed by atoms with E-state index in [-0.39, 0.29) is 5.91 Å². The van der Waals surface area contributed by atoms with Gasteiger partial charge < -0.3 is 9.80 Å². The number of piperazine rings is 1. The van der Waals surface area contributed by atoms with E-state index in [1.54, 1.807) is 6.20 Å². The number of nitrogens with zero attached hydrogens (tertiary/aromatic N) is 4. The SMILES string of the molecule is CCN1CCN(C(=O)c2cncnc2C)CC1. The fourth-order valence-electron chi connectivity index (χ4n) is 2.04. The summed E-state index contributed by atoms with van der Waals surface area (Å²) in [7, 11) is 0. The van der Waals surface area contributed by atoms with Crippen molar-refractivity contribution in [2.24, 2.45) is 0 Å². The highest BCUT2D eigenvalue weighted by Gasteiger charge is 2.22. The molecule has 0 unspecified atom stereocenters. The Balaban J connectivity index is 2.04. The zero-order valence-electron chi connectivity index (χ0n) is 10.4. The summed E-state index contributed by atoms with van der Waals surface area (Å²) in [5, 5.41) is 0. The molecular formula is C12H18N4O. The standard InChI is InChI=1S/C12H18N4O/c1-3-15-4-6-16(7-5-15)12(17)11-8-13-9-14-10(11)2/h8-9H,3-7H2,1-2H3. The highest BCUT2D eigenvalue weighted by Crippen LogP contribution is 2.09. The van der Waals surface area contributed by atoms with E-state index in [2.05, 4.69) is 21.8 Å². The molecule has 0 radical (unpaired) electrons. The van der Waals surface area contributed by atoms with E-state index in [4.69, 9.17) is 0 Å². The Kier molecular flexibility index (Phi) is 3.68. The van der Waals surface area contributed by atoms with Crippen molar-refractivity contribution in [1.82, 2.24) is 19.8 Å². The van der Waals surface area contributed by atoms with Gasteiger partial charge in [0, 0.05) is 32.4 Å². The smallest absolute Gasteiger partial charge is 0.257 e. The summed E-state index contributed by atoms with van der Waals surface area (Å²) in [6.45, 7) is 8.53. The van der Waals surface area contributed by atoms with Crippen molar-refractivity contribution in [1.29, 1.82) is 0 Å². The molecule has 92 valence electrons. The van der Waals surface area contributed by atoms with Crippen LogP contribution in [-0.2, 0) is 0 Å². The lowest BCUT2D eigenvalue weighted by Crippen LogP contribution is -2.48. The van der Waals surface area contributed by atoms with Gasteiger partial charge in [0.15, 0.2) is 0 Å². The van der Waals surface area contributed by atoms with Crippen LogP contribution in [0.25, 0.3) is 0 Å². The van der Waals surface area contributed by atoms with E-state index >= 15 is 0 Å². The van der Waals surface area contributed by atoms with E-state index in [9.17, 15) is 4.79 Å². The number of aryl methyl sites for hydroxylation is 1. The molecule has 0 saturated carbocycles. The van der Waals surface area contributed by atoms with Gasteiger partial charge in [-0.15, -0.1) is 0 Å². The molecule has 0 spiro atoms. The summed E-state index contributed by atoms with van der Waals surface area (Å²) < 4.78 is 0. The molecule has 1 fully saturated rings. The van der Waals surface area contributed by atoms with E-state index in [1.807, 2.05) is 11.8 Å². The molecular weight excluding hydrogens is 216 g/mol. The van der Waals surface area contributed by atoms with E-state index < -0.39 is 0 Å². The van der Waals surface area contributed by atoms with Crippen LogP contribution in [0, 0.1) is 6.92 Å². The molecule has 1 aliphatic heterocycles. The van der Waals surface area contributed by atoms with Gasteiger partial charge in [0.1, 0.15) is 6.33 Å². The van der Waals surface area contributed by atoms with Crippen molar-refractivity contribution in [2.45, 2.75) is 13.8 Å². The van der Waals surface area contributed by atoms with Crippen LogP contribution < -0.4 is 0 Å². The molecule has 1 aliphatic rings. The number of likely N-dealkylation sites (N-methyl/N-ethyl adjacent to an activating group) is 1. The first kappa shape index (κ1) is 12.0. The third-order valence-electron chi connectivity index (χ3n) is 3.25. The first-order chi connectivity index (χ1) is 8.22. The molecule has 5 nitrogen and oxygen atoms in total. The number of hydrogen-bond donors (Lipinski definition) is 0. The number of hydrogen-bond acceptors (Lipinski definition) is 4. The molecule has 1 amide bonds. The molecule has 2 heterocycles. The van der Waals surface area contributed by atoms with Crippen molar-refractivity contribution in [3.63, 3.8) is 0 Å². The predicted molar refractivity (Wildman–Crippen MR) is 64.8 cm³/mol. The van der Waals surface area contributed by atoms with Crippen molar-refractivity contribution in [3.05, 3.63) is 23.8 Å². The van der Waals surface area contributed by atoms with Gasteiger partial charge >= 0.3 is 0 Å². The Morgan fingerprint density at radius 1 is 1.35 bits per heavy atom. The quantitative estimate of drug-likeness (QED) is 0.750. The van der Waals surface area contributed by atoms with Crippen LogP contribution >= 0.6 is 0 Å². The molecule has 1 aromatic heterocycles. The monoisotopic (exact) mass is 234 g/mol. The van der Waals surface area contributed by atoms with Crippen molar-refractivity contribution >= 4 is 5.91 Å². The normalized spacial score (nSPS) is 17.2. The highest BCUT2D eigenvalue weighted by molar-refractivity contribution is 5.94. The van der Waals surface area contributed by atoms with Gasteiger partial charge in [-0.1, -0.05) is 6.92 Å². The van der Waals surface area contributed by atoms with Crippen molar-refractivity contribution < 1.29 is 4.79 Å². The topological polar surface area (TPSA) is 49.3 Å². The maximum Gasteiger partial charge on any atom is 0.257 e. The van der Waals surface area contributed by atoms with Gasteiger partial charge in [0.25, 0.3) is 5.91 Å². The Labute approximate surface area is 101 Å². The van der Waals surface area contributed by atoms with Crippen LogP contribution in [0.15, 0.2) is 12.5 Å². The van der Waals surface area contributed by atoms with Crippen LogP contribution in [0.4, 0.5) is 0 Å². The molecule has 0 bridgehead atoms. The summed E-state index contributed by atoms with van der Waals surface area (Å²) in [4.78, 5) is 24.5.